The van der Waals surface area contributed by atoms with Crippen LogP contribution < -0.4 is 16.0 Å². The molecule has 35 heavy (non-hydrogen) atoms. The lowest BCUT2D eigenvalue weighted by molar-refractivity contribution is -0.116. The summed E-state index contributed by atoms with van der Waals surface area (Å²) in [5.74, 6) is -0.497. The van der Waals surface area contributed by atoms with Gasteiger partial charge in [0.1, 0.15) is 5.82 Å². The van der Waals surface area contributed by atoms with Crippen LogP contribution in [0.1, 0.15) is 16.0 Å². The second-order valence-corrected chi connectivity index (χ2v) is 8.74. The summed E-state index contributed by atoms with van der Waals surface area (Å²) < 4.78 is 13.1. The highest BCUT2D eigenvalue weighted by molar-refractivity contribution is 7.16. The van der Waals surface area contributed by atoms with Gasteiger partial charge in [0.15, 0.2) is 0 Å². The van der Waals surface area contributed by atoms with Crippen molar-refractivity contribution in [1.29, 1.82) is 0 Å². The molecule has 0 aliphatic heterocycles. The first-order valence-corrected chi connectivity index (χ1v) is 11.7. The monoisotopic (exact) mass is 486 g/mol. The number of hydrogen-bond donors (Lipinski definition) is 3. The zero-order chi connectivity index (χ0) is 24.5. The van der Waals surface area contributed by atoms with Crippen LogP contribution in [0.5, 0.6) is 0 Å². The zero-order valence-electron chi connectivity index (χ0n) is 18.7. The number of hydrogen-bond acceptors (Lipinski definition) is 4. The van der Waals surface area contributed by atoms with E-state index in [2.05, 4.69) is 20.9 Å². The Balaban J connectivity index is 1.25. The van der Waals surface area contributed by atoms with Crippen molar-refractivity contribution in [3.8, 4) is 10.4 Å². The van der Waals surface area contributed by atoms with E-state index in [0.717, 1.165) is 26.4 Å². The van der Waals surface area contributed by atoms with Crippen LogP contribution in [0.2, 0.25) is 0 Å². The summed E-state index contributed by atoms with van der Waals surface area (Å²) in [6.07, 6.45) is 6.58. The third kappa shape index (κ3) is 7.35. The van der Waals surface area contributed by atoms with Crippen molar-refractivity contribution < 1.29 is 14.0 Å². The number of nitrogens with zero attached hydrogens (tertiary/aromatic N) is 1. The minimum atomic E-state index is -0.318. The summed E-state index contributed by atoms with van der Waals surface area (Å²) in [6.45, 7) is 0.717. The topological polar surface area (TPSA) is 83.1 Å². The smallest absolute Gasteiger partial charge is 0.319 e. The first kappa shape index (κ1) is 23.8. The number of rotatable bonds is 8. The van der Waals surface area contributed by atoms with Crippen molar-refractivity contribution in [1.82, 2.24) is 15.6 Å². The highest BCUT2D eigenvalue weighted by Gasteiger charge is 2.05. The summed E-state index contributed by atoms with van der Waals surface area (Å²) in [5, 5.41) is 8.43. The van der Waals surface area contributed by atoms with Gasteiger partial charge in [0.05, 0.1) is 0 Å². The number of aromatic nitrogens is 1. The number of benzene rings is 2. The van der Waals surface area contributed by atoms with Crippen molar-refractivity contribution >= 4 is 35.0 Å². The van der Waals surface area contributed by atoms with E-state index in [1.165, 1.54) is 29.5 Å². The third-order valence-corrected chi connectivity index (χ3v) is 6.11. The molecular weight excluding hydrogens is 463 g/mol. The Kier molecular flexibility index (Phi) is 7.98. The number of urea groups is 1. The normalized spacial score (nSPS) is 10.8. The molecule has 3 amide bonds. The molecule has 0 aliphatic carbocycles. The van der Waals surface area contributed by atoms with E-state index in [1.807, 2.05) is 42.5 Å². The molecule has 0 radical (unpaired) electrons. The average molecular weight is 487 g/mol. The summed E-state index contributed by atoms with van der Waals surface area (Å²) in [7, 11) is 0. The molecule has 0 spiro atoms. The molecule has 176 valence electrons. The number of carbonyl (C=O) groups excluding carboxylic acids is 2. The minimum Gasteiger partial charge on any atom is -0.348 e. The molecule has 2 heterocycles. The molecule has 0 aliphatic rings. The van der Waals surface area contributed by atoms with Crippen molar-refractivity contribution in [3.05, 3.63) is 113 Å². The van der Waals surface area contributed by atoms with Crippen LogP contribution in [0.15, 0.2) is 91.3 Å². The maximum absolute atomic E-state index is 13.1. The predicted octanol–water partition coefficient (Wildman–Crippen LogP) is 5.60. The largest absolute Gasteiger partial charge is 0.348 e. The molecule has 4 aromatic rings. The fraction of sp³-hybridized carbons (Fsp3) is 0.0741. The maximum Gasteiger partial charge on any atom is 0.319 e. The van der Waals surface area contributed by atoms with E-state index in [9.17, 15) is 14.0 Å². The predicted molar refractivity (Wildman–Crippen MR) is 137 cm³/mol. The lowest BCUT2D eigenvalue weighted by Crippen LogP contribution is -2.28. The Bertz CT molecular complexity index is 1320. The van der Waals surface area contributed by atoms with Gasteiger partial charge in [-0.2, -0.15) is 0 Å². The third-order valence-electron chi connectivity index (χ3n) is 5.01. The Morgan fingerprint density at radius 2 is 1.66 bits per heavy atom. The van der Waals surface area contributed by atoms with Gasteiger partial charge in [-0.15, -0.1) is 11.3 Å². The van der Waals surface area contributed by atoms with Gasteiger partial charge < -0.3 is 16.0 Å². The quantitative estimate of drug-likeness (QED) is 0.284. The zero-order valence-corrected chi connectivity index (χ0v) is 19.5. The Morgan fingerprint density at radius 1 is 0.886 bits per heavy atom. The number of carbonyl (C=O) groups is 2. The van der Waals surface area contributed by atoms with Gasteiger partial charge in [-0.25, -0.2) is 9.18 Å². The molecular formula is C27H23FN4O2S. The van der Waals surface area contributed by atoms with Crippen LogP contribution in [0.4, 0.5) is 14.9 Å². The van der Waals surface area contributed by atoms with E-state index >= 15 is 0 Å². The van der Waals surface area contributed by atoms with E-state index in [4.69, 9.17) is 0 Å². The van der Waals surface area contributed by atoms with E-state index < -0.39 is 0 Å². The molecule has 0 bridgehead atoms. The highest BCUT2D eigenvalue weighted by atomic mass is 32.1. The average Bonchev–Trinajstić information content (AvgIpc) is 3.35. The molecule has 0 saturated heterocycles. The number of thiophene rings is 1. The van der Waals surface area contributed by atoms with Gasteiger partial charge in [-0.1, -0.05) is 24.3 Å². The van der Waals surface area contributed by atoms with Gasteiger partial charge in [0, 0.05) is 47.0 Å². The lowest BCUT2D eigenvalue weighted by Gasteiger charge is -2.09. The van der Waals surface area contributed by atoms with E-state index in [0.29, 0.717) is 18.8 Å². The summed E-state index contributed by atoms with van der Waals surface area (Å²) >= 11 is 1.52. The standard InChI is InChI=1S/C27H23FN4O2S/c28-22-6-4-21(5-7-22)25-10-8-24(35-25)9-11-26(33)30-18-20-2-1-3-23(16-20)32-27(34)31-17-19-12-14-29-15-13-19/h1-16H,17-18H2,(H,30,33)(H2,31,32,34)/b11-9+. The number of pyridine rings is 1. The summed E-state index contributed by atoms with van der Waals surface area (Å²) in [5.41, 5.74) is 3.37. The number of anilines is 1. The number of amides is 3. The van der Waals surface area contributed by atoms with Gasteiger partial charge >= 0.3 is 6.03 Å². The molecule has 2 aromatic heterocycles. The highest BCUT2D eigenvalue weighted by Crippen LogP contribution is 2.28. The van der Waals surface area contributed by atoms with E-state index in [1.54, 1.807) is 36.7 Å². The SMILES string of the molecule is O=C(/C=C/c1ccc(-c2ccc(F)cc2)s1)NCc1cccc(NC(=O)NCc2ccncc2)c1. The molecule has 3 N–H and O–H groups in total. The molecule has 6 nitrogen and oxygen atoms in total. The van der Waals surface area contributed by atoms with Crippen LogP contribution in [0, 0.1) is 5.82 Å². The summed E-state index contributed by atoms with van der Waals surface area (Å²) in [6, 6.07) is 20.8. The van der Waals surface area contributed by atoms with Crippen molar-refractivity contribution in [2.75, 3.05) is 5.32 Å². The van der Waals surface area contributed by atoms with Crippen LogP contribution in [0.3, 0.4) is 0 Å². The first-order valence-electron chi connectivity index (χ1n) is 10.9. The van der Waals surface area contributed by atoms with Gasteiger partial charge in [0.25, 0.3) is 0 Å². The summed E-state index contributed by atoms with van der Waals surface area (Å²) in [4.78, 5) is 30.3. The molecule has 0 unspecified atom stereocenters. The van der Waals surface area contributed by atoms with Crippen LogP contribution in [-0.4, -0.2) is 16.9 Å². The second-order valence-electron chi connectivity index (χ2n) is 7.62. The second kappa shape index (κ2) is 11.7. The Morgan fingerprint density at radius 3 is 2.46 bits per heavy atom. The maximum atomic E-state index is 13.1. The fourth-order valence-electron chi connectivity index (χ4n) is 3.23. The number of nitrogens with one attached hydrogen (secondary N) is 3. The van der Waals surface area contributed by atoms with Crippen molar-refractivity contribution in [2.24, 2.45) is 0 Å². The molecule has 4 rings (SSSR count). The fourth-order valence-corrected chi connectivity index (χ4v) is 4.15. The first-order chi connectivity index (χ1) is 17.0. The van der Waals surface area contributed by atoms with Crippen molar-refractivity contribution in [2.45, 2.75) is 13.1 Å². The molecule has 2 aromatic carbocycles. The van der Waals surface area contributed by atoms with Gasteiger partial charge in [-0.05, 0) is 71.3 Å². The van der Waals surface area contributed by atoms with Crippen molar-refractivity contribution in [3.63, 3.8) is 0 Å². The lowest BCUT2D eigenvalue weighted by atomic mass is 10.2. The Hall–Kier alpha value is -4.30. The minimum absolute atomic E-state index is 0.227. The van der Waals surface area contributed by atoms with Crippen LogP contribution >= 0.6 is 11.3 Å². The van der Waals surface area contributed by atoms with E-state index in [-0.39, 0.29) is 17.8 Å². The number of halogens is 1. The molecule has 8 heteroatoms. The molecule has 0 atom stereocenters. The Labute approximate surface area is 206 Å². The van der Waals surface area contributed by atoms with Gasteiger partial charge in [0.2, 0.25) is 5.91 Å². The molecule has 0 saturated carbocycles. The molecule has 0 fully saturated rings. The van der Waals surface area contributed by atoms with Gasteiger partial charge in [-0.3, -0.25) is 9.78 Å². The van der Waals surface area contributed by atoms with Crippen LogP contribution in [0.25, 0.3) is 16.5 Å². The van der Waals surface area contributed by atoms with Crippen LogP contribution in [-0.2, 0) is 17.9 Å².